The van der Waals surface area contributed by atoms with Gasteiger partial charge in [0.05, 0.1) is 22.8 Å². The number of nitrogens with zero attached hydrogens (tertiary/aromatic N) is 2. The van der Waals surface area contributed by atoms with Crippen LogP contribution in [-0.2, 0) is 13.1 Å². The Morgan fingerprint density at radius 1 is 0.759 bits per heavy atom. The van der Waals surface area contributed by atoms with Crippen molar-refractivity contribution in [2.45, 2.75) is 33.6 Å². The molecule has 0 radical (unpaired) electrons. The summed E-state index contributed by atoms with van der Waals surface area (Å²) >= 11 is 1.93. The summed E-state index contributed by atoms with van der Waals surface area (Å²) in [4.78, 5) is 11.8. The average Bonchev–Trinajstić information content (AvgIpc) is 3.20. The molecule has 0 bridgehead atoms. The molecule has 0 saturated heterocycles. The number of thiophene rings is 1. The molecule has 0 N–H and O–H groups in total. The number of para-hydroxylation sites is 1. The van der Waals surface area contributed by atoms with Gasteiger partial charge in [0, 0.05) is 9.75 Å². The zero-order valence-corrected chi connectivity index (χ0v) is 20.3. The van der Waals surface area contributed by atoms with E-state index in [0.717, 1.165) is 22.8 Å². The van der Waals surface area contributed by atoms with Gasteiger partial charge in [0.1, 0.15) is 0 Å². The molecule has 0 fully saturated rings. The molecule has 0 saturated carbocycles. The van der Waals surface area contributed by atoms with Gasteiger partial charge in [0.25, 0.3) is 0 Å². The van der Waals surface area contributed by atoms with Crippen molar-refractivity contribution in [1.82, 2.24) is 0 Å². The Morgan fingerprint density at radius 2 is 1.21 bits per heavy atom. The van der Waals surface area contributed by atoms with E-state index < -0.39 is 0 Å². The molecule has 0 amide bonds. The quantitative estimate of drug-likeness (QED) is 0.255. The fourth-order valence-electron chi connectivity index (χ4n) is 2.66. The van der Waals surface area contributed by atoms with Crippen molar-refractivity contribution < 1.29 is 13.1 Å². The fraction of sp³-hybridized carbons (Fsp3) is 0.217. The van der Waals surface area contributed by atoms with Gasteiger partial charge >= 0.3 is 33.3 Å². The van der Waals surface area contributed by atoms with E-state index in [1.807, 2.05) is 30.3 Å². The van der Waals surface area contributed by atoms with Crippen LogP contribution in [0.3, 0.4) is 0 Å². The first kappa shape index (κ1) is 23.9. The molecule has 0 spiro atoms. The molecule has 0 atom stereocenters. The number of halogens is 2. The minimum atomic E-state index is 0.194. The van der Waals surface area contributed by atoms with E-state index in [-0.39, 0.29) is 13.1 Å². The molecular weight excluding hydrogens is 463 g/mol. The first-order valence-electron chi connectivity index (χ1n) is 9.16. The van der Waals surface area contributed by atoms with Crippen LogP contribution in [0.15, 0.2) is 76.7 Å². The molecule has 0 aliphatic rings. The van der Waals surface area contributed by atoms with Gasteiger partial charge in [-0.05, 0) is 61.7 Å². The van der Waals surface area contributed by atoms with Gasteiger partial charge in [0.2, 0.25) is 0 Å². The third-order valence-electron chi connectivity index (χ3n) is 4.23. The number of benzene rings is 2. The molecule has 1 aromatic heterocycles. The SMILES string of the molecule is CC(=Nc1ccccc1)c1ccc(C(C)=Nc2ccc(C(C)C)cc2)s1.[Cl][Fe][Cl]. The Bertz CT molecular complexity index is 949. The standard InChI is InChI=1S/C23H24N2S.2ClH.Fe/c1-16(2)19-10-12-21(13-11-19)25-18(4)23-15-14-22(26-23)17(3)24-20-8-6-5-7-9-20;;;/h5-16H,1-4H3;2*1H;/q;;;+2/p-2. The van der Waals surface area contributed by atoms with Crippen molar-refractivity contribution in [2.24, 2.45) is 9.98 Å². The predicted molar refractivity (Wildman–Crippen MR) is 127 cm³/mol. The summed E-state index contributed by atoms with van der Waals surface area (Å²) in [5, 5.41) is 0. The third-order valence-corrected chi connectivity index (χ3v) is 5.53. The van der Waals surface area contributed by atoms with Gasteiger partial charge in [-0.3, -0.25) is 9.98 Å². The van der Waals surface area contributed by atoms with E-state index in [2.05, 4.69) is 64.1 Å². The Hall–Kier alpha value is -1.42. The van der Waals surface area contributed by atoms with Gasteiger partial charge in [-0.2, -0.15) is 0 Å². The van der Waals surface area contributed by atoms with Crippen molar-refractivity contribution in [3.63, 3.8) is 0 Å². The minimum absolute atomic E-state index is 0.194. The van der Waals surface area contributed by atoms with Crippen molar-refractivity contribution in [3.05, 3.63) is 82.0 Å². The van der Waals surface area contributed by atoms with Crippen LogP contribution in [0.5, 0.6) is 0 Å². The first-order valence-corrected chi connectivity index (χ1v) is 13.0. The maximum atomic E-state index is 4.77. The molecule has 154 valence electrons. The van der Waals surface area contributed by atoms with Gasteiger partial charge in [-0.1, -0.05) is 44.2 Å². The molecule has 2 nitrogen and oxygen atoms in total. The van der Waals surface area contributed by atoms with Crippen LogP contribution in [0.2, 0.25) is 0 Å². The molecular formula is C23H24Cl2FeN2S. The summed E-state index contributed by atoms with van der Waals surface area (Å²) in [6.45, 7) is 8.53. The van der Waals surface area contributed by atoms with Crippen molar-refractivity contribution >= 4 is 54.3 Å². The maximum absolute atomic E-state index is 4.77. The molecule has 2 aromatic carbocycles. The monoisotopic (exact) mass is 486 g/mol. The zero-order valence-electron chi connectivity index (χ0n) is 16.8. The molecule has 0 unspecified atom stereocenters. The Labute approximate surface area is 192 Å². The second kappa shape index (κ2) is 12.3. The predicted octanol–water partition coefficient (Wildman–Crippen LogP) is 8.53. The second-order valence-corrected chi connectivity index (χ2v) is 9.60. The van der Waals surface area contributed by atoms with E-state index >= 15 is 0 Å². The fourth-order valence-corrected chi connectivity index (χ4v) is 3.56. The van der Waals surface area contributed by atoms with E-state index in [4.69, 9.17) is 30.2 Å². The molecule has 3 aromatic rings. The van der Waals surface area contributed by atoms with Crippen LogP contribution < -0.4 is 0 Å². The van der Waals surface area contributed by atoms with E-state index in [1.54, 1.807) is 11.3 Å². The van der Waals surface area contributed by atoms with Crippen LogP contribution in [0, 0.1) is 0 Å². The summed E-state index contributed by atoms with van der Waals surface area (Å²) in [5.41, 5.74) is 5.38. The van der Waals surface area contributed by atoms with Gasteiger partial charge in [-0.25, -0.2) is 0 Å². The summed E-state index contributed by atoms with van der Waals surface area (Å²) in [6.07, 6.45) is 0. The Balaban J connectivity index is 0.000000941. The normalized spacial score (nSPS) is 12.1. The van der Waals surface area contributed by atoms with E-state index in [1.165, 1.54) is 15.3 Å². The van der Waals surface area contributed by atoms with Gasteiger partial charge in [-0.15, -0.1) is 11.3 Å². The molecule has 3 rings (SSSR count). The number of hydrogen-bond donors (Lipinski definition) is 0. The number of aliphatic imine (C=N–C) groups is 2. The van der Waals surface area contributed by atoms with Gasteiger partial charge in [0.15, 0.2) is 0 Å². The topological polar surface area (TPSA) is 24.7 Å². The van der Waals surface area contributed by atoms with Crippen LogP contribution in [0.1, 0.15) is 48.9 Å². The molecule has 0 aliphatic heterocycles. The molecule has 1 heterocycles. The summed E-state index contributed by atoms with van der Waals surface area (Å²) in [5.74, 6) is 0.542. The molecule has 6 heteroatoms. The van der Waals surface area contributed by atoms with Crippen LogP contribution in [0.4, 0.5) is 11.4 Å². The Morgan fingerprint density at radius 3 is 1.66 bits per heavy atom. The van der Waals surface area contributed by atoms with E-state index in [9.17, 15) is 0 Å². The Kier molecular flexibility index (Phi) is 10.1. The zero-order chi connectivity index (χ0) is 21.2. The first-order chi connectivity index (χ1) is 13.9. The second-order valence-electron chi connectivity index (χ2n) is 6.69. The van der Waals surface area contributed by atoms with Crippen LogP contribution >= 0.6 is 31.5 Å². The summed E-state index contributed by atoms with van der Waals surface area (Å²) < 4.78 is 0. The number of hydrogen-bond acceptors (Lipinski definition) is 3. The van der Waals surface area contributed by atoms with Gasteiger partial charge < -0.3 is 0 Å². The summed E-state index contributed by atoms with van der Waals surface area (Å²) in [7, 11) is 9.53. The molecule has 29 heavy (non-hydrogen) atoms. The molecule has 0 aliphatic carbocycles. The summed E-state index contributed by atoms with van der Waals surface area (Å²) in [6, 6.07) is 22.8. The van der Waals surface area contributed by atoms with Crippen molar-refractivity contribution in [2.75, 3.05) is 0 Å². The number of rotatable bonds is 5. The van der Waals surface area contributed by atoms with E-state index in [0.29, 0.717) is 5.92 Å². The van der Waals surface area contributed by atoms with Crippen LogP contribution in [0.25, 0.3) is 0 Å². The average molecular weight is 487 g/mol. The van der Waals surface area contributed by atoms with Crippen molar-refractivity contribution in [3.8, 4) is 0 Å². The van der Waals surface area contributed by atoms with Crippen LogP contribution in [-0.4, -0.2) is 11.4 Å². The third kappa shape index (κ3) is 7.73. The van der Waals surface area contributed by atoms with Crippen molar-refractivity contribution in [1.29, 1.82) is 0 Å².